The second-order valence-corrected chi connectivity index (χ2v) is 6.79. The van der Waals surface area contributed by atoms with Crippen molar-refractivity contribution < 1.29 is 0 Å². The maximum atomic E-state index is 12.6. The molecule has 0 fully saturated rings. The summed E-state index contributed by atoms with van der Waals surface area (Å²) in [6.45, 7) is 3.56. The predicted molar refractivity (Wildman–Crippen MR) is 105 cm³/mol. The van der Waals surface area contributed by atoms with E-state index in [1.54, 1.807) is 36.7 Å². The van der Waals surface area contributed by atoms with Crippen LogP contribution in [-0.4, -0.2) is 32.9 Å². The number of anilines is 1. The van der Waals surface area contributed by atoms with E-state index in [-0.39, 0.29) is 10.6 Å². The lowest BCUT2D eigenvalue weighted by Crippen LogP contribution is -2.27. The zero-order chi connectivity index (χ0) is 18.7. The Morgan fingerprint density at radius 3 is 2.58 bits per heavy atom. The van der Waals surface area contributed by atoms with Gasteiger partial charge < -0.3 is 9.47 Å². The number of aromatic nitrogens is 4. The van der Waals surface area contributed by atoms with E-state index in [0.29, 0.717) is 16.4 Å². The minimum Gasteiger partial charge on any atom is -0.372 e. The molecule has 0 amide bonds. The van der Waals surface area contributed by atoms with Gasteiger partial charge in [-0.2, -0.15) is 9.78 Å². The summed E-state index contributed by atoms with van der Waals surface area (Å²) in [7, 11) is 1.90. The largest absolute Gasteiger partial charge is 0.372 e. The van der Waals surface area contributed by atoms with Gasteiger partial charge in [-0.25, -0.2) is 4.98 Å². The van der Waals surface area contributed by atoms with Gasteiger partial charge in [0.15, 0.2) is 0 Å². The van der Waals surface area contributed by atoms with Crippen LogP contribution >= 0.6 is 23.2 Å². The number of hydrogen-bond acceptors (Lipinski definition) is 4. The molecule has 0 spiro atoms. The molecule has 6 nitrogen and oxygen atoms in total. The van der Waals surface area contributed by atoms with Crippen LogP contribution in [-0.2, 0) is 6.54 Å². The Kier molecular flexibility index (Phi) is 5.64. The minimum atomic E-state index is -0.358. The predicted octanol–water partition coefficient (Wildman–Crippen LogP) is 3.57. The molecule has 136 valence electrons. The first-order chi connectivity index (χ1) is 12.5. The number of hydrogen-bond donors (Lipinski definition) is 0. The first-order valence-electron chi connectivity index (χ1n) is 8.20. The second-order valence-electron chi connectivity index (χ2n) is 5.98. The van der Waals surface area contributed by atoms with Gasteiger partial charge in [0, 0.05) is 37.6 Å². The Balaban J connectivity index is 1.74. The molecule has 0 saturated carbocycles. The van der Waals surface area contributed by atoms with Gasteiger partial charge in [-0.1, -0.05) is 23.2 Å². The van der Waals surface area contributed by atoms with Crippen molar-refractivity contribution in [2.24, 2.45) is 0 Å². The molecule has 2 heterocycles. The second kappa shape index (κ2) is 7.93. The Morgan fingerprint density at radius 2 is 1.92 bits per heavy atom. The number of benzene rings is 1. The number of halogens is 2. The topological polar surface area (TPSA) is 56.0 Å². The molecule has 3 aromatic rings. The normalized spacial score (nSPS) is 10.9. The molecule has 2 aromatic heterocycles. The van der Waals surface area contributed by atoms with Crippen molar-refractivity contribution >= 4 is 28.9 Å². The van der Waals surface area contributed by atoms with Crippen molar-refractivity contribution in [2.75, 3.05) is 18.5 Å². The maximum absolute atomic E-state index is 12.6. The van der Waals surface area contributed by atoms with Crippen LogP contribution in [0, 0.1) is 6.92 Å². The molecule has 0 radical (unpaired) electrons. The van der Waals surface area contributed by atoms with Crippen LogP contribution in [0.3, 0.4) is 0 Å². The van der Waals surface area contributed by atoms with Crippen LogP contribution in [0.2, 0.25) is 10.0 Å². The van der Waals surface area contributed by atoms with E-state index in [4.69, 9.17) is 23.2 Å². The summed E-state index contributed by atoms with van der Waals surface area (Å²) >= 11 is 12.2. The third-order valence-electron chi connectivity index (χ3n) is 4.20. The van der Waals surface area contributed by atoms with Crippen molar-refractivity contribution in [2.45, 2.75) is 19.9 Å². The fourth-order valence-corrected chi connectivity index (χ4v) is 3.09. The number of nitrogens with zero attached hydrogens (tertiary/aromatic N) is 5. The molecule has 0 aliphatic carbocycles. The van der Waals surface area contributed by atoms with Gasteiger partial charge in [0.05, 0.1) is 17.6 Å². The van der Waals surface area contributed by atoms with Gasteiger partial charge in [0.25, 0.3) is 5.56 Å². The lowest BCUT2D eigenvalue weighted by Gasteiger charge is -2.20. The Bertz CT molecular complexity index is 949. The number of aryl methyl sites for hydroxylation is 2. The molecule has 0 saturated heterocycles. The summed E-state index contributed by atoms with van der Waals surface area (Å²) in [5.74, 6) is 0.984. The SMILES string of the molecule is Cc1nccn1CCCN(C)c1cnn(-c2ccc(Cl)cc2)c(=O)c1Cl. The zero-order valence-corrected chi connectivity index (χ0v) is 16.1. The summed E-state index contributed by atoms with van der Waals surface area (Å²) in [6.07, 6.45) is 6.25. The lowest BCUT2D eigenvalue weighted by molar-refractivity contribution is 0.621. The molecule has 26 heavy (non-hydrogen) atoms. The van der Waals surface area contributed by atoms with Crippen LogP contribution in [0.4, 0.5) is 5.69 Å². The average molecular weight is 392 g/mol. The highest BCUT2D eigenvalue weighted by Crippen LogP contribution is 2.21. The van der Waals surface area contributed by atoms with Gasteiger partial charge in [-0.3, -0.25) is 4.79 Å². The lowest BCUT2D eigenvalue weighted by atomic mass is 10.3. The number of imidazole rings is 1. The van der Waals surface area contributed by atoms with E-state index >= 15 is 0 Å². The van der Waals surface area contributed by atoms with Crippen LogP contribution in [0.25, 0.3) is 5.69 Å². The molecule has 0 aliphatic rings. The van der Waals surface area contributed by atoms with Crippen LogP contribution in [0.15, 0.2) is 47.7 Å². The Labute approximate surface area is 161 Å². The smallest absolute Gasteiger partial charge is 0.292 e. The highest BCUT2D eigenvalue weighted by Gasteiger charge is 2.14. The highest BCUT2D eigenvalue weighted by atomic mass is 35.5. The van der Waals surface area contributed by atoms with E-state index in [1.165, 1.54) is 4.68 Å². The fourth-order valence-electron chi connectivity index (χ4n) is 2.70. The summed E-state index contributed by atoms with van der Waals surface area (Å²) in [4.78, 5) is 18.7. The van der Waals surface area contributed by atoms with Crippen molar-refractivity contribution in [1.82, 2.24) is 19.3 Å². The van der Waals surface area contributed by atoms with Gasteiger partial charge in [-0.15, -0.1) is 0 Å². The first-order valence-corrected chi connectivity index (χ1v) is 8.95. The Hall–Kier alpha value is -2.31. The molecule has 8 heteroatoms. The zero-order valence-electron chi connectivity index (χ0n) is 14.6. The third-order valence-corrected chi connectivity index (χ3v) is 4.81. The fraction of sp³-hybridized carbons (Fsp3) is 0.278. The van der Waals surface area contributed by atoms with E-state index in [2.05, 4.69) is 14.6 Å². The first kappa shape index (κ1) is 18.5. The van der Waals surface area contributed by atoms with Crippen molar-refractivity contribution in [3.8, 4) is 5.69 Å². The third kappa shape index (κ3) is 3.92. The standard InChI is InChI=1S/C18H19Cl2N5O/c1-13-21-8-11-24(13)10-3-9-23(2)16-12-22-25(18(26)17(16)20)15-6-4-14(19)5-7-15/h4-8,11-12H,3,9-10H2,1-2H3. The quantitative estimate of drug-likeness (QED) is 0.644. The molecule has 0 aliphatic heterocycles. The van der Waals surface area contributed by atoms with E-state index in [1.807, 2.05) is 25.1 Å². The summed E-state index contributed by atoms with van der Waals surface area (Å²) in [5, 5.41) is 5.00. The molecule has 0 unspecified atom stereocenters. The highest BCUT2D eigenvalue weighted by molar-refractivity contribution is 6.33. The molecular weight excluding hydrogens is 373 g/mol. The van der Waals surface area contributed by atoms with E-state index in [9.17, 15) is 4.79 Å². The Morgan fingerprint density at radius 1 is 1.19 bits per heavy atom. The van der Waals surface area contributed by atoms with Crippen molar-refractivity contribution in [1.29, 1.82) is 0 Å². The number of rotatable bonds is 6. The van der Waals surface area contributed by atoms with Crippen molar-refractivity contribution in [3.63, 3.8) is 0 Å². The van der Waals surface area contributed by atoms with E-state index in [0.717, 1.165) is 25.3 Å². The van der Waals surface area contributed by atoms with Gasteiger partial charge in [-0.05, 0) is 37.6 Å². The van der Waals surface area contributed by atoms with E-state index < -0.39 is 0 Å². The van der Waals surface area contributed by atoms with Gasteiger partial charge in [0.1, 0.15) is 10.8 Å². The van der Waals surface area contributed by atoms with Crippen LogP contribution in [0.5, 0.6) is 0 Å². The maximum Gasteiger partial charge on any atom is 0.292 e. The monoisotopic (exact) mass is 391 g/mol. The van der Waals surface area contributed by atoms with Crippen LogP contribution < -0.4 is 10.5 Å². The summed E-state index contributed by atoms with van der Waals surface area (Å²) < 4.78 is 3.36. The summed E-state index contributed by atoms with van der Waals surface area (Å²) in [6, 6.07) is 6.86. The molecule has 0 N–H and O–H groups in total. The summed E-state index contributed by atoms with van der Waals surface area (Å²) in [5.41, 5.74) is 0.874. The van der Waals surface area contributed by atoms with Crippen LogP contribution in [0.1, 0.15) is 12.2 Å². The molecule has 0 atom stereocenters. The average Bonchev–Trinajstić information content (AvgIpc) is 3.03. The molecule has 0 bridgehead atoms. The molecular formula is C18H19Cl2N5O. The molecule has 3 rings (SSSR count). The van der Waals surface area contributed by atoms with Gasteiger partial charge >= 0.3 is 0 Å². The molecule has 1 aromatic carbocycles. The minimum absolute atomic E-state index is 0.149. The van der Waals surface area contributed by atoms with Gasteiger partial charge in [0.2, 0.25) is 0 Å². The van der Waals surface area contributed by atoms with Crippen molar-refractivity contribution in [3.05, 3.63) is 69.1 Å².